The van der Waals surface area contributed by atoms with Crippen molar-refractivity contribution < 1.29 is 18.7 Å². The van der Waals surface area contributed by atoms with Crippen LogP contribution in [-0.4, -0.2) is 18.5 Å². The van der Waals surface area contributed by atoms with Crippen LogP contribution >= 0.6 is 0 Å². The van der Waals surface area contributed by atoms with Crippen molar-refractivity contribution >= 4 is 28.5 Å². The van der Waals surface area contributed by atoms with E-state index in [1.54, 1.807) is 6.26 Å². The number of aryl methyl sites for hydroxylation is 2. The predicted molar refractivity (Wildman–Crippen MR) is 100 cm³/mol. The van der Waals surface area contributed by atoms with E-state index >= 15 is 0 Å². The average Bonchev–Trinajstić information content (AvgIpc) is 2.99. The van der Waals surface area contributed by atoms with Gasteiger partial charge < -0.3 is 14.5 Å². The number of ether oxygens (including phenoxy) is 1. The van der Waals surface area contributed by atoms with Crippen LogP contribution in [0, 0.1) is 20.8 Å². The van der Waals surface area contributed by atoms with E-state index in [-0.39, 0.29) is 18.9 Å². The third-order valence-electron chi connectivity index (χ3n) is 4.39. The first-order valence-electron chi connectivity index (χ1n) is 8.42. The van der Waals surface area contributed by atoms with Gasteiger partial charge in [-0.25, -0.2) is 0 Å². The molecule has 134 valence electrons. The Morgan fingerprint density at radius 2 is 1.92 bits per heavy atom. The van der Waals surface area contributed by atoms with Crippen molar-refractivity contribution in [3.63, 3.8) is 0 Å². The summed E-state index contributed by atoms with van der Waals surface area (Å²) in [4.78, 5) is 24.1. The molecule has 0 aliphatic carbocycles. The number of esters is 1. The molecule has 0 radical (unpaired) electrons. The summed E-state index contributed by atoms with van der Waals surface area (Å²) in [6.07, 6.45) is 1.62. The summed E-state index contributed by atoms with van der Waals surface area (Å²) in [6.45, 7) is 5.57. The van der Waals surface area contributed by atoms with E-state index < -0.39 is 5.97 Å². The van der Waals surface area contributed by atoms with E-state index in [2.05, 4.69) is 5.32 Å². The fourth-order valence-corrected chi connectivity index (χ4v) is 2.75. The molecule has 5 nitrogen and oxygen atoms in total. The standard InChI is InChI=1S/C21H21NO4/c1-13-7-8-17-16(11-25-19(17)9-13)10-21(24)26-12-20(23)22-18-6-4-5-14(2)15(18)3/h4-9,11H,10,12H2,1-3H3,(H,22,23). The van der Waals surface area contributed by atoms with Crippen LogP contribution in [0.2, 0.25) is 0 Å². The number of benzene rings is 2. The topological polar surface area (TPSA) is 68.5 Å². The number of nitrogens with one attached hydrogen (secondary N) is 1. The molecule has 1 aromatic heterocycles. The molecule has 0 saturated carbocycles. The number of hydrogen-bond donors (Lipinski definition) is 1. The highest BCUT2D eigenvalue weighted by molar-refractivity contribution is 5.94. The molecule has 0 aliphatic rings. The lowest BCUT2D eigenvalue weighted by atomic mass is 10.1. The van der Waals surface area contributed by atoms with Gasteiger partial charge in [-0.1, -0.05) is 24.3 Å². The molecule has 0 spiro atoms. The molecule has 0 bridgehead atoms. The molecular formula is C21H21NO4. The molecule has 1 amide bonds. The zero-order valence-electron chi connectivity index (χ0n) is 15.1. The molecule has 0 aliphatic heterocycles. The van der Waals surface area contributed by atoms with Gasteiger partial charge in [0.25, 0.3) is 5.91 Å². The van der Waals surface area contributed by atoms with Gasteiger partial charge in [-0.15, -0.1) is 0 Å². The van der Waals surface area contributed by atoms with Crippen molar-refractivity contribution in [2.24, 2.45) is 0 Å². The summed E-state index contributed by atoms with van der Waals surface area (Å²) >= 11 is 0. The van der Waals surface area contributed by atoms with Gasteiger partial charge in [0.1, 0.15) is 5.58 Å². The fourth-order valence-electron chi connectivity index (χ4n) is 2.75. The van der Waals surface area contributed by atoms with E-state index in [9.17, 15) is 9.59 Å². The number of rotatable bonds is 5. The molecule has 0 saturated heterocycles. The number of amides is 1. The summed E-state index contributed by atoms with van der Waals surface area (Å²) < 4.78 is 10.6. The molecule has 2 aromatic carbocycles. The third kappa shape index (κ3) is 3.94. The molecule has 3 aromatic rings. The predicted octanol–water partition coefficient (Wildman–Crippen LogP) is 4.08. The van der Waals surface area contributed by atoms with E-state index in [0.29, 0.717) is 0 Å². The van der Waals surface area contributed by atoms with Crippen LogP contribution in [0.4, 0.5) is 5.69 Å². The largest absolute Gasteiger partial charge is 0.464 e. The second kappa shape index (κ2) is 7.44. The monoisotopic (exact) mass is 351 g/mol. The first-order valence-corrected chi connectivity index (χ1v) is 8.42. The molecule has 26 heavy (non-hydrogen) atoms. The smallest absolute Gasteiger partial charge is 0.310 e. The lowest BCUT2D eigenvalue weighted by Gasteiger charge is -2.10. The number of fused-ring (bicyclic) bond motifs is 1. The molecular weight excluding hydrogens is 330 g/mol. The van der Waals surface area contributed by atoms with Crippen LogP contribution in [-0.2, 0) is 20.7 Å². The normalized spacial score (nSPS) is 10.7. The first kappa shape index (κ1) is 17.7. The van der Waals surface area contributed by atoms with Gasteiger partial charge in [0.2, 0.25) is 0 Å². The Bertz CT molecular complexity index is 971. The Hall–Kier alpha value is -3.08. The molecule has 1 heterocycles. The second-order valence-corrected chi connectivity index (χ2v) is 6.39. The third-order valence-corrected chi connectivity index (χ3v) is 4.39. The van der Waals surface area contributed by atoms with Gasteiger partial charge >= 0.3 is 5.97 Å². The van der Waals surface area contributed by atoms with Crippen LogP contribution in [0.15, 0.2) is 47.1 Å². The van der Waals surface area contributed by atoms with Crippen molar-refractivity contribution in [1.82, 2.24) is 0 Å². The lowest BCUT2D eigenvalue weighted by Crippen LogP contribution is -2.22. The van der Waals surface area contributed by atoms with Gasteiger partial charge in [0.05, 0.1) is 12.7 Å². The second-order valence-electron chi connectivity index (χ2n) is 6.39. The highest BCUT2D eigenvalue weighted by atomic mass is 16.5. The van der Waals surface area contributed by atoms with Gasteiger partial charge in [-0.05, 0) is 49.6 Å². The molecule has 0 atom stereocenters. The van der Waals surface area contributed by atoms with Crippen molar-refractivity contribution in [3.8, 4) is 0 Å². The zero-order valence-corrected chi connectivity index (χ0v) is 15.1. The molecule has 5 heteroatoms. The van der Waals surface area contributed by atoms with Gasteiger partial charge in [-0.3, -0.25) is 9.59 Å². The van der Waals surface area contributed by atoms with Crippen molar-refractivity contribution in [1.29, 1.82) is 0 Å². The van der Waals surface area contributed by atoms with Crippen LogP contribution in [0.1, 0.15) is 22.3 Å². The fraction of sp³-hybridized carbons (Fsp3) is 0.238. The number of furan rings is 1. The number of carbonyl (C=O) groups is 2. The Kier molecular flexibility index (Phi) is 5.07. The summed E-state index contributed by atoms with van der Waals surface area (Å²) in [5, 5.41) is 3.65. The summed E-state index contributed by atoms with van der Waals surface area (Å²) in [5.74, 6) is -0.830. The van der Waals surface area contributed by atoms with E-state index in [1.165, 1.54) is 0 Å². The first-order chi connectivity index (χ1) is 12.4. The Balaban J connectivity index is 1.56. The minimum absolute atomic E-state index is 0.0623. The summed E-state index contributed by atoms with van der Waals surface area (Å²) in [6, 6.07) is 11.5. The zero-order chi connectivity index (χ0) is 18.7. The highest BCUT2D eigenvalue weighted by Crippen LogP contribution is 2.23. The maximum Gasteiger partial charge on any atom is 0.310 e. The Morgan fingerprint density at radius 1 is 1.12 bits per heavy atom. The van der Waals surface area contributed by atoms with Crippen molar-refractivity contribution in [2.75, 3.05) is 11.9 Å². The Morgan fingerprint density at radius 3 is 2.73 bits per heavy atom. The van der Waals surface area contributed by atoms with Crippen LogP contribution < -0.4 is 5.32 Å². The van der Waals surface area contributed by atoms with Crippen molar-refractivity contribution in [2.45, 2.75) is 27.2 Å². The number of carbonyl (C=O) groups excluding carboxylic acids is 2. The average molecular weight is 351 g/mol. The molecule has 1 N–H and O–H groups in total. The van der Waals surface area contributed by atoms with Crippen LogP contribution in [0.3, 0.4) is 0 Å². The minimum Gasteiger partial charge on any atom is -0.464 e. The van der Waals surface area contributed by atoms with Crippen molar-refractivity contribution in [3.05, 3.63) is 64.9 Å². The van der Waals surface area contributed by atoms with E-state index in [0.717, 1.165) is 38.9 Å². The quantitative estimate of drug-likeness (QED) is 0.703. The van der Waals surface area contributed by atoms with Crippen LogP contribution in [0.5, 0.6) is 0 Å². The minimum atomic E-state index is -0.468. The highest BCUT2D eigenvalue weighted by Gasteiger charge is 2.14. The summed E-state index contributed by atoms with van der Waals surface area (Å²) in [7, 11) is 0. The molecule has 3 rings (SSSR count). The van der Waals surface area contributed by atoms with E-state index in [1.807, 2.05) is 57.2 Å². The van der Waals surface area contributed by atoms with Gasteiger partial charge in [0.15, 0.2) is 6.61 Å². The van der Waals surface area contributed by atoms with Crippen LogP contribution in [0.25, 0.3) is 11.0 Å². The Labute approximate surface area is 152 Å². The van der Waals surface area contributed by atoms with Gasteiger partial charge in [0, 0.05) is 16.6 Å². The maximum atomic E-state index is 12.1. The molecule has 0 unspecified atom stereocenters. The SMILES string of the molecule is Cc1ccc2c(CC(=O)OCC(=O)Nc3cccc(C)c3C)coc2c1. The number of anilines is 1. The summed E-state index contributed by atoms with van der Waals surface area (Å²) in [5.41, 5.74) is 5.38. The maximum absolute atomic E-state index is 12.1. The van der Waals surface area contributed by atoms with E-state index in [4.69, 9.17) is 9.15 Å². The number of hydrogen-bond acceptors (Lipinski definition) is 4. The lowest BCUT2D eigenvalue weighted by molar-refractivity contribution is -0.146. The van der Waals surface area contributed by atoms with Gasteiger partial charge in [-0.2, -0.15) is 0 Å². The molecule has 0 fully saturated rings.